The minimum atomic E-state index is -0.252. The number of thiophene rings is 1. The summed E-state index contributed by atoms with van der Waals surface area (Å²) in [5.74, 6) is -0.252. The van der Waals surface area contributed by atoms with Crippen molar-refractivity contribution in [3.05, 3.63) is 80.0 Å². The molecule has 0 bridgehead atoms. The van der Waals surface area contributed by atoms with E-state index in [0.29, 0.717) is 32.3 Å². The van der Waals surface area contributed by atoms with Crippen molar-refractivity contribution in [2.75, 3.05) is 0 Å². The number of amides is 1. The van der Waals surface area contributed by atoms with Gasteiger partial charge in [-0.3, -0.25) is 14.0 Å². The highest BCUT2D eigenvalue weighted by Crippen LogP contribution is 2.23. The third-order valence-corrected chi connectivity index (χ3v) is 5.55. The van der Waals surface area contributed by atoms with Gasteiger partial charge in [0.15, 0.2) is 0 Å². The predicted octanol–water partition coefficient (Wildman–Crippen LogP) is 3.80. The Morgan fingerprint density at radius 2 is 2.08 bits per heavy atom. The third-order valence-electron chi connectivity index (χ3n) is 4.15. The van der Waals surface area contributed by atoms with Gasteiger partial charge >= 0.3 is 0 Å². The Hall–Kier alpha value is -2.70. The number of pyridine rings is 1. The maximum atomic E-state index is 12.7. The van der Waals surface area contributed by atoms with Gasteiger partial charge in [-0.2, -0.15) is 0 Å². The zero-order valence-corrected chi connectivity index (χ0v) is 15.4. The van der Waals surface area contributed by atoms with Gasteiger partial charge in [-0.25, -0.2) is 4.98 Å². The lowest BCUT2D eigenvalue weighted by molar-refractivity contribution is 0.0955. The Morgan fingerprint density at radius 1 is 1.27 bits per heavy atom. The van der Waals surface area contributed by atoms with Crippen LogP contribution in [0.1, 0.15) is 20.8 Å². The second-order valence-corrected chi connectivity index (χ2v) is 7.34. The van der Waals surface area contributed by atoms with Crippen molar-refractivity contribution in [1.29, 1.82) is 0 Å². The van der Waals surface area contributed by atoms with E-state index in [4.69, 9.17) is 11.6 Å². The molecule has 5 nitrogen and oxygen atoms in total. The summed E-state index contributed by atoms with van der Waals surface area (Å²) in [5, 5.41) is 3.89. The van der Waals surface area contributed by atoms with Crippen molar-refractivity contribution in [2.24, 2.45) is 0 Å². The number of carbonyl (C=O) groups excluding carboxylic acids is 1. The van der Waals surface area contributed by atoms with Crippen LogP contribution in [0.4, 0.5) is 0 Å². The number of nitrogens with zero attached hydrogens (tertiary/aromatic N) is 2. The lowest BCUT2D eigenvalue weighted by Crippen LogP contribution is -2.22. The molecule has 0 atom stereocenters. The maximum absolute atomic E-state index is 12.7. The number of rotatable bonds is 3. The van der Waals surface area contributed by atoms with Gasteiger partial charge in [-0.1, -0.05) is 35.9 Å². The quantitative estimate of drug-likeness (QED) is 0.585. The smallest absolute Gasteiger partial charge is 0.266 e. The third kappa shape index (κ3) is 2.87. The van der Waals surface area contributed by atoms with Crippen LogP contribution in [-0.2, 0) is 6.54 Å². The van der Waals surface area contributed by atoms with Crippen LogP contribution in [0.3, 0.4) is 0 Å². The van der Waals surface area contributed by atoms with Crippen LogP contribution in [0, 0.1) is 6.92 Å². The first-order chi connectivity index (χ1) is 12.5. The molecule has 3 aromatic heterocycles. The minimum Gasteiger partial charge on any atom is -0.347 e. The van der Waals surface area contributed by atoms with Crippen molar-refractivity contribution in [3.8, 4) is 0 Å². The van der Waals surface area contributed by atoms with Gasteiger partial charge in [0.05, 0.1) is 10.3 Å². The molecule has 0 fully saturated rings. The van der Waals surface area contributed by atoms with Crippen LogP contribution in [0.25, 0.3) is 15.9 Å². The summed E-state index contributed by atoms with van der Waals surface area (Å²) in [6.07, 6.45) is 1.69. The highest BCUT2D eigenvalue weighted by atomic mass is 35.5. The van der Waals surface area contributed by atoms with E-state index < -0.39 is 0 Å². The fraction of sp³-hybridized carbons (Fsp3) is 0.105. The van der Waals surface area contributed by atoms with Crippen LogP contribution in [-0.4, -0.2) is 15.3 Å². The van der Waals surface area contributed by atoms with Crippen LogP contribution < -0.4 is 10.9 Å². The Morgan fingerprint density at radius 3 is 2.88 bits per heavy atom. The molecule has 0 aliphatic rings. The van der Waals surface area contributed by atoms with E-state index in [0.717, 1.165) is 11.1 Å². The van der Waals surface area contributed by atoms with Crippen molar-refractivity contribution >= 4 is 44.7 Å². The number of carbonyl (C=O) groups is 1. The fourth-order valence-electron chi connectivity index (χ4n) is 2.77. The first-order valence-corrected chi connectivity index (χ1v) is 9.17. The largest absolute Gasteiger partial charge is 0.347 e. The van der Waals surface area contributed by atoms with E-state index >= 15 is 0 Å². The monoisotopic (exact) mass is 383 g/mol. The molecule has 7 heteroatoms. The fourth-order valence-corrected chi connectivity index (χ4v) is 3.92. The van der Waals surface area contributed by atoms with Crippen molar-refractivity contribution in [1.82, 2.24) is 14.7 Å². The second kappa shape index (κ2) is 6.55. The van der Waals surface area contributed by atoms with E-state index in [1.807, 2.05) is 31.2 Å². The normalized spacial score (nSPS) is 11.2. The Kier molecular flexibility index (Phi) is 4.22. The first-order valence-electron chi connectivity index (χ1n) is 7.98. The van der Waals surface area contributed by atoms with Crippen LogP contribution in [0.2, 0.25) is 5.02 Å². The van der Waals surface area contributed by atoms with Gasteiger partial charge in [0.25, 0.3) is 11.5 Å². The van der Waals surface area contributed by atoms with Gasteiger partial charge in [0.1, 0.15) is 10.5 Å². The Balaban J connectivity index is 1.69. The lowest BCUT2D eigenvalue weighted by atomic mass is 10.2. The highest BCUT2D eigenvalue weighted by molar-refractivity contribution is 7.20. The Labute approximate surface area is 157 Å². The van der Waals surface area contributed by atoms with Crippen LogP contribution >= 0.6 is 22.9 Å². The molecule has 0 spiro atoms. The first kappa shape index (κ1) is 16.8. The van der Waals surface area contributed by atoms with Gasteiger partial charge < -0.3 is 5.32 Å². The van der Waals surface area contributed by atoms with E-state index in [-0.39, 0.29) is 11.5 Å². The maximum Gasteiger partial charge on any atom is 0.266 e. The number of hydrogen-bond donors (Lipinski definition) is 1. The van der Waals surface area contributed by atoms with E-state index in [1.54, 1.807) is 24.4 Å². The molecule has 0 saturated heterocycles. The molecule has 130 valence electrons. The predicted molar refractivity (Wildman–Crippen MR) is 104 cm³/mol. The summed E-state index contributed by atoms with van der Waals surface area (Å²) in [4.78, 5) is 30.7. The number of hydrogen-bond acceptors (Lipinski definition) is 4. The molecular weight excluding hydrogens is 370 g/mol. The zero-order valence-electron chi connectivity index (χ0n) is 13.8. The standard InChI is InChI=1S/C19H14ClN3O2S/c1-11-5-4-8-23-16(11)22-18-13(19(23)25)9-15(26-18)17(24)21-10-12-6-2-3-7-14(12)20/h2-9H,10H2,1H3,(H,21,24). The van der Waals surface area contributed by atoms with E-state index in [2.05, 4.69) is 10.3 Å². The number of nitrogens with one attached hydrogen (secondary N) is 1. The van der Waals surface area contributed by atoms with E-state index in [1.165, 1.54) is 15.7 Å². The molecule has 1 amide bonds. The highest BCUT2D eigenvalue weighted by Gasteiger charge is 2.15. The molecule has 4 rings (SSSR count). The average molecular weight is 384 g/mol. The number of benzene rings is 1. The molecule has 0 aliphatic carbocycles. The molecule has 3 heterocycles. The van der Waals surface area contributed by atoms with Crippen molar-refractivity contribution in [2.45, 2.75) is 13.5 Å². The number of aromatic nitrogens is 2. The average Bonchev–Trinajstić information content (AvgIpc) is 3.07. The molecule has 1 N–H and O–H groups in total. The van der Waals surface area contributed by atoms with Crippen LogP contribution in [0.5, 0.6) is 0 Å². The number of aryl methyl sites for hydroxylation is 1. The molecule has 4 aromatic rings. The van der Waals surface area contributed by atoms with Gasteiger partial charge in [0, 0.05) is 17.8 Å². The summed E-state index contributed by atoms with van der Waals surface area (Å²) in [6.45, 7) is 2.22. The SMILES string of the molecule is Cc1cccn2c(=O)c3cc(C(=O)NCc4ccccc4Cl)sc3nc12. The molecule has 0 aliphatic heterocycles. The summed E-state index contributed by atoms with van der Waals surface area (Å²) in [7, 11) is 0. The molecular formula is C19H14ClN3O2S. The Bertz CT molecular complexity index is 1210. The molecule has 0 unspecified atom stereocenters. The number of halogens is 1. The second-order valence-electron chi connectivity index (χ2n) is 5.91. The van der Waals surface area contributed by atoms with Crippen LogP contribution in [0.15, 0.2) is 53.5 Å². The van der Waals surface area contributed by atoms with Crippen molar-refractivity contribution in [3.63, 3.8) is 0 Å². The summed E-state index contributed by atoms with van der Waals surface area (Å²) in [6, 6.07) is 12.7. The zero-order chi connectivity index (χ0) is 18.3. The topological polar surface area (TPSA) is 63.5 Å². The molecule has 1 aromatic carbocycles. The van der Waals surface area contributed by atoms with E-state index in [9.17, 15) is 9.59 Å². The molecule has 26 heavy (non-hydrogen) atoms. The summed E-state index contributed by atoms with van der Waals surface area (Å²) < 4.78 is 1.51. The molecule has 0 radical (unpaired) electrons. The summed E-state index contributed by atoms with van der Waals surface area (Å²) >= 11 is 7.32. The summed E-state index contributed by atoms with van der Waals surface area (Å²) in [5.41, 5.74) is 2.18. The molecule has 0 saturated carbocycles. The van der Waals surface area contributed by atoms with Gasteiger partial charge in [0.2, 0.25) is 0 Å². The van der Waals surface area contributed by atoms with Gasteiger partial charge in [-0.05, 0) is 36.2 Å². The number of fused-ring (bicyclic) bond motifs is 2. The minimum absolute atomic E-state index is 0.171. The van der Waals surface area contributed by atoms with Crippen molar-refractivity contribution < 1.29 is 4.79 Å². The van der Waals surface area contributed by atoms with Gasteiger partial charge in [-0.15, -0.1) is 11.3 Å². The lowest BCUT2D eigenvalue weighted by Gasteiger charge is -2.05.